The van der Waals surface area contributed by atoms with Crippen LogP contribution in [-0.4, -0.2) is 35.7 Å². The molecule has 44 heavy (non-hydrogen) atoms. The number of halogens is 3. The zero-order valence-electron chi connectivity index (χ0n) is 23.4. The van der Waals surface area contributed by atoms with Gasteiger partial charge in [-0.25, -0.2) is 22.8 Å². The van der Waals surface area contributed by atoms with E-state index in [0.29, 0.717) is 23.2 Å². The molecule has 0 saturated heterocycles. The fourth-order valence-corrected chi connectivity index (χ4v) is 6.39. The molecule has 0 amide bonds. The van der Waals surface area contributed by atoms with Crippen molar-refractivity contribution in [1.82, 2.24) is 9.78 Å². The maximum absolute atomic E-state index is 14.5. The number of methoxy groups -OCH3 is 1. The molecule has 5 aromatic rings. The van der Waals surface area contributed by atoms with E-state index in [1.54, 1.807) is 30.3 Å². The van der Waals surface area contributed by atoms with Crippen molar-refractivity contribution in [2.24, 2.45) is 10.7 Å². The molecule has 1 aliphatic carbocycles. The number of rotatable bonds is 7. The van der Waals surface area contributed by atoms with Crippen molar-refractivity contribution in [3.05, 3.63) is 102 Å². The Hall–Kier alpha value is -4.94. The Bertz CT molecular complexity index is 2070. The van der Waals surface area contributed by atoms with Gasteiger partial charge in [0, 0.05) is 17.5 Å². The largest absolute Gasteiger partial charge is 0.494 e. The third kappa shape index (κ3) is 5.12. The molecule has 0 radical (unpaired) electrons. The monoisotopic (exact) mass is 618 g/mol. The van der Waals surface area contributed by atoms with E-state index in [9.17, 15) is 26.1 Å². The molecule has 3 N–H and O–H groups in total. The topological polar surface area (TPSA) is 120 Å². The van der Waals surface area contributed by atoms with Gasteiger partial charge in [-0.05, 0) is 77.2 Å². The average molecular weight is 619 g/mol. The molecule has 0 spiro atoms. The lowest BCUT2D eigenvalue weighted by Crippen LogP contribution is -2.08. The summed E-state index contributed by atoms with van der Waals surface area (Å²) in [4.78, 5) is 3.95. The highest BCUT2D eigenvalue weighted by Gasteiger charge is 2.31. The summed E-state index contributed by atoms with van der Waals surface area (Å²) < 4.78 is 84.3. The van der Waals surface area contributed by atoms with Crippen LogP contribution in [0, 0.1) is 5.82 Å². The molecule has 8 nitrogen and oxygen atoms in total. The minimum Gasteiger partial charge on any atom is -0.494 e. The van der Waals surface area contributed by atoms with Crippen LogP contribution in [-0.2, 0) is 16.5 Å². The molecule has 0 aliphatic heterocycles. The van der Waals surface area contributed by atoms with Crippen molar-refractivity contribution in [2.75, 3.05) is 7.11 Å². The van der Waals surface area contributed by atoms with E-state index in [4.69, 9.17) is 10.5 Å². The van der Waals surface area contributed by atoms with Gasteiger partial charge < -0.3 is 10.5 Å². The molecule has 12 heteroatoms. The van der Waals surface area contributed by atoms with E-state index < -0.39 is 33.0 Å². The van der Waals surface area contributed by atoms with Gasteiger partial charge >= 0.3 is 0 Å². The molecule has 1 heterocycles. The Morgan fingerprint density at radius 3 is 2.34 bits per heavy atom. The SMILES string of the molecule is COc1ccc(-c2cc(C(F)F)nn2-c2ccc(-c3cc4c(c(N=C(C)N)c3S(=O)(=O)O)Cc3ccccc3-4)cc2)cc1F. The standard InChI is InChI=1S/C32H25F3N4O4S/c1-17(36)37-30-25-13-19-5-3-4-6-22(19)24(25)15-23(31(30)44(40,41)42)18-7-10-21(11-8-18)39-28(16-27(38-39)32(34)35)20-9-12-29(43-2)26(33)14-20/h3-12,14-16,32H,13H2,1-2H3,(H2,36,37)(H,40,41,42). The number of benzene rings is 4. The molecule has 0 bridgehead atoms. The van der Waals surface area contributed by atoms with Gasteiger partial charge in [-0.3, -0.25) is 4.55 Å². The van der Waals surface area contributed by atoms with Crippen LogP contribution in [0.3, 0.4) is 0 Å². The number of nitrogens with two attached hydrogens (primary N) is 1. The molecule has 0 unspecified atom stereocenters. The van der Waals surface area contributed by atoms with Crippen molar-refractivity contribution in [3.8, 4) is 44.9 Å². The summed E-state index contributed by atoms with van der Waals surface area (Å²) in [5, 5.41) is 4.05. The van der Waals surface area contributed by atoms with Gasteiger partial charge in [-0.2, -0.15) is 13.5 Å². The second-order valence-corrected chi connectivity index (χ2v) is 11.6. The summed E-state index contributed by atoms with van der Waals surface area (Å²) in [6, 6.07) is 20.9. The Kier molecular flexibility index (Phi) is 7.26. The highest BCUT2D eigenvalue weighted by Crippen LogP contribution is 2.48. The number of amidine groups is 1. The average Bonchev–Trinajstić information content (AvgIpc) is 3.59. The highest BCUT2D eigenvalue weighted by molar-refractivity contribution is 7.86. The molecular weight excluding hydrogens is 593 g/mol. The molecular formula is C32H25F3N4O4S. The van der Waals surface area contributed by atoms with Crippen LogP contribution in [0.25, 0.3) is 39.2 Å². The number of hydrogen-bond donors (Lipinski definition) is 2. The van der Waals surface area contributed by atoms with E-state index in [2.05, 4.69) is 10.1 Å². The van der Waals surface area contributed by atoms with Crippen LogP contribution in [0.1, 0.15) is 30.2 Å². The predicted octanol–water partition coefficient (Wildman–Crippen LogP) is 7.12. The summed E-state index contributed by atoms with van der Waals surface area (Å²) in [6.07, 6.45) is -2.48. The number of hydrogen-bond acceptors (Lipinski definition) is 5. The van der Waals surface area contributed by atoms with E-state index >= 15 is 0 Å². The first-order chi connectivity index (χ1) is 21.0. The van der Waals surface area contributed by atoms with Crippen molar-refractivity contribution in [3.63, 3.8) is 0 Å². The lowest BCUT2D eigenvalue weighted by molar-refractivity contribution is 0.145. The molecule has 0 atom stereocenters. The van der Waals surface area contributed by atoms with Crippen molar-refractivity contribution < 1.29 is 30.9 Å². The number of nitrogens with zero attached hydrogens (tertiary/aromatic N) is 3. The van der Waals surface area contributed by atoms with Crippen molar-refractivity contribution in [2.45, 2.75) is 24.7 Å². The maximum atomic E-state index is 14.5. The van der Waals surface area contributed by atoms with E-state index in [1.165, 1.54) is 36.9 Å². The number of fused-ring (bicyclic) bond motifs is 3. The summed E-state index contributed by atoms with van der Waals surface area (Å²) in [5.74, 6) is -0.566. The quantitative estimate of drug-likeness (QED) is 0.112. The number of aliphatic imine (C=N–C) groups is 1. The number of alkyl halides is 2. The summed E-state index contributed by atoms with van der Waals surface area (Å²) in [6.45, 7) is 1.52. The molecule has 1 aromatic heterocycles. The Labute approximate surface area is 251 Å². The first kappa shape index (κ1) is 29.1. The normalized spacial score (nSPS) is 12.8. The van der Waals surface area contributed by atoms with Crippen LogP contribution in [0.15, 0.2) is 88.8 Å². The van der Waals surface area contributed by atoms with Crippen LogP contribution in [0.5, 0.6) is 5.75 Å². The molecule has 0 saturated carbocycles. The summed E-state index contributed by atoms with van der Waals surface area (Å²) >= 11 is 0. The van der Waals surface area contributed by atoms with Crippen molar-refractivity contribution >= 4 is 21.6 Å². The van der Waals surface area contributed by atoms with E-state index in [-0.39, 0.29) is 34.1 Å². The lowest BCUT2D eigenvalue weighted by atomic mass is 9.96. The Balaban J connectivity index is 1.53. The zero-order chi connectivity index (χ0) is 31.3. The minimum atomic E-state index is -4.80. The fraction of sp³-hybridized carbons (Fsp3) is 0.125. The van der Waals surface area contributed by atoms with Crippen LogP contribution >= 0.6 is 0 Å². The zero-order valence-corrected chi connectivity index (χ0v) is 24.2. The molecule has 0 fully saturated rings. The molecule has 224 valence electrons. The fourth-order valence-electron chi connectivity index (χ4n) is 5.52. The summed E-state index contributed by atoms with van der Waals surface area (Å²) in [5.41, 5.74) is 10.1. The first-order valence-corrected chi connectivity index (χ1v) is 14.8. The van der Waals surface area contributed by atoms with Gasteiger partial charge in [-0.1, -0.05) is 36.4 Å². The van der Waals surface area contributed by atoms with Crippen LogP contribution in [0.4, 0.5) is 18.9 Å². The minimum absolute atomic E-state index is 0.00149. The third-order valence-electron chi connectivity index (χ3n) is 7.40. The van der Waals surface area contributed by atoms with Crippen LogP contribution in [0.2, 0.25) is 0 Å². The Morgan fingerprint density at radius 2 is 1.70 bits per heavy atom. The second-order valence-electron chi connectivity index (χ2n) is 10.3. The van der Waals surface area contributed by atoms with Gasteiger partial charge in [0.25, 0.3) is 16.5 Å². The van der Waals surface area contributed by atoms with Gasteiger partial charge in [0.15, 0.2) is 11.6 Å². The van der Waals surface area contributed by atoms with E-state index in [1.807, 2.05) is 24.3 Å². The van der Waals surface area contributed by atoms with Gasteiger partial charge in [0.2, 0.25) is 0 Å². The highest BCUT2D eigenvalue weighted by atomic mass is 32.2. The number of ether oxygens (including phenoxy) is 1. The maximum Gasteiger partial charge on any atom is 0.297 e. The third-order valence-corrected chi connectivity index (χ3v) is 8.33. The molecule has 1 aliphatic rings. The summed E-state index contributed by atoms with van der Waals surface area (Å²) in [7, 11) is -3.48. The first-order valence-electron chi connectivity index (χ1n) is 13.4. The van der Waals surface area contributed by atoms with Gasteiger partial charge in [-0.15, -0.1) is 0 Å². The van der Waals surface area contributed by atoms with Crippen LogP contribution < -0.4 is 10.5 Å². The second kappa shape index (κ2) is 11.0. The smallest absolute Gasteiger partial charge is 0.297 e. The van der Waals surface area contributed by atoms with E-state index in [0.717, 1.165) is 22.8 Å². The van der Waals surface area contributed by atoms with Gasteiger partial charge in [0.05, 0.1) is 30.0 Å². The van der Waals surface area contributed by atoms with Crippen molar-refractivity contribution in [1.29, 1.82) is 0 Å². The molecule has 6 rings (SSSR count). The number of aromatic nitrogens is 2. The lowest BCUT2D eigenvalue weighted by Gasteiger charge is -2.16. The predicted molar refractivity (Wildman–Crippen MR) is 161 cm³/mol. The van der Waals surface area contributed by atoms with Gasteiger partial charge in [0.1, 0.15) is 10.6 Å². The molecule has 4 aromatic carbocycles. The Morgan fingerprint density at radius 1 is 1.00 bits per heavy atom.